The maximum atomic E-state index is 12.7. The van der Waals surface area contributed by atoms with Crippen molar-refractivity contribution in [3.63, 3.8) is 0 Å². The van der Waals surface area contributed by atoms with Crippen LogP contribution in [0.5, 0.6) is 0 Å². The number of sulfonamides is 1. The molecule has 138 valence electrons. The van der Waals surface area contributed by atoms with Crippen molar-refractivity contribution in [1.29, 1.82) is 0 Å². The Bertz CT molecular complexity index is 900. The molecule has 0 aromatic heterocycles. The van der Waals surface area contributed by atoms with Gasteiger partial charge in [-0.3, -0.25) is 9.52 Å². The van der Waals surface area contributed by atoms with Crippen LogP contribution in [0.25, 0.3) is 0 Å². The third-order valence-electron chi connectivity index (χ3n) is 4.45. The van der Waals surface area contributed by atoms with Crippen LogP contribution in [0.4, 0.5) is 5.69 Å². The minimum absolute atomic E-state index is 0.112. The van der Waals surface area contributed by atoms with Crippen molar-refractivity contribution < 1.29 is 13.2 Å². The van der Waals surface area contributed by atoms with Crippen molar-refractivity contribution in [3.8, 4) is 0 Å². The number of halogens is 1. The fraction of sp³-hybridized carbons (Fsp3) is 0.316. The second kappa shape index (κ2) is 7.68. The molecule has 1 aliphatic heterocycles. The van der Waals surface area contributed by atoms with E-state index in [1.807, 2.05) is 4.90 Å². The molecule has 1 N–H and O–H groups in total. The number of rotatable bonds is 4. The second-order valence-corrected chi connectivity index (χ2v) is 8.70. The van der Waals surface area contributed by atoms with Crippen LogP contribution >= 0.6 is 11.6 Å². The van der Waals surface area contributed by atoms with E-state index in [1.165, 1.54) is 18.2 Å². The Labute approximate surface area is 159 Å². The van der Waals surface area contributed by atoms with Crippen LogP contribution < -0.4 is 4.72 Å². The summed E-state index contributed by atoms with van der Waals surface area (Å²) in [5.41, 5.74) is 0.714. The second-order valence-electron chi connectivity index (χ2n) is 6.61. The molecule has 0 radical (unpaired) electrons. The normalized spacial score (nSPS) is 17.8. The number of carbonyl (C=O) groups excluding carboxylic acids is 1. The molecule has 0 spiro atoms. The van der Waals surface area contributed by atoms with Crippen molar-refractivity contribution in [3.05, 3.63) is 59.1 Å². The molecule has 2 aromatic rings. The average molecular weight is 393 g/mol. The van der Waals surface area contributed by atoms with Gasteiger partial charge >= 0.3 is 0 Å². The van der Waals surface area contributed by atoms with Gasteiger partial charge in [-0.1, -0.05) is 36.7 Å². The number of hydrogen-bond donors (Lipinski definition) is 1. The third kappa shape index (κ3) is 4.19. The molecule has 0 bridgehead atoms. The predicted molar refractivity (Wildman–Crippen MR) is 103 cm³/mol. The summed E-state index contributed by atoms with van der Waals surface area (Å²) in [5.74, 6) is 0.363. The van der Waals surface area contributed by atoms with E-state index in [0.29, 0.717) is 17.2 Å². The molecule has 1 saturated heterocycles. The molecule has 1 atom stereocenters. The topological polar surface area (TPSA) is 66.5 Å². The summed E-state index contributed by atoms with van der Waals surface area (Å²) in [4.78, 5) is 14.7. The lowest BCUT2D eigenvalue weighted by molar-refractivity contribution is 0.0683. The number of likely N-dealkylation sites (tertiary alicyclic amines) is 1. The molecule has 0 aliphatic carbocycles. The van der Waals surface area contributed by atoms with E-state index in [9.17, 15) is 13.2 Å². The fourth-order valence-electron chi connectivity index (χ4n) is 3.11. The summed E-state index contributed by atoms with van der Waals surface area (Å²) in [5, 5.41) is 0.237. The molecule has 2 aromatic carbocycles. The zero-order valence-corrected chi connectivity index (χ0v) is 16.1. The first-order valence-electron chi connectivity index (χ1n) is 8.53. The summed E-state index contributed by atoms with van der Waals surface area (Å²) in [7, 11) is -3.69. The molecular formula is C19H21ClN2O3S. The Morgan fingerprint density at radius 1 is 1.19 bits per heavy atom. The van der Waals surface area contributed by atoms with Crippen LogP contribution in [0, 0.1) is 5.92 Å². The Morgan fingerprint density at radius 2 is 1.92 bits per heavy atom. The van der Waals surface area contributed by atoms with E-state index >= 15 is 0 Å². The molecular weight excluding hydrogens is 372 g/mol. The zero-order valence-electron chi connectivity index (χ0n) is 14.5. The third-order valence-corrected chi connectivity index (χ3v) is 6.16. The number of nitrogens with zero attached hydrogens (tertiary/aromatic N) is 1. The molecule has 1 heterocycles. The lowest BCUT2D eigenvalue weighted by Gasteiger charge is -2.31. The molecule has 0 saturated carbocycles. The van der Waals surface area contributed by atoms with E-state index in [1.54, 1.807) is 30.3 Å². The Hall–Kier alpha value is -2.05. The maximum absolute atomic E-state index is 12.7. The van der Waals surface area contributed by atoms with Gasteiger partial charge in [-0.05, 0) is 49.1 Å². The number of amides is 1. The molecule has 1 fully saturated rings. The number of nitrogens with one attached hydrogen (secondary N) is 1. The van der Waals surface area contributed by atoms with Gasteiger partial charge < -0.3 is 4.90 Å². The van der Waals surface area contributed by atoms with Crippen LogP contribution in [-0.2, 0) is 10.0 Å². The van der Waals surface area contributed by atoms with Gasteiger partial charge in [0.1, 0.15) is 0 Å². The largest absolute Gasteiger partial charge is 0.338 e. The van der Waals surface area contributed by atoms with E-state index in [-0.39, 0.29) is 15.8 Å². The van der Waals surface area contributed by atoms with Crippen LogP contribution in [-0.4, -0.2) is 32.3 Å². The molecule has 0 unspecified atom stereocenters. The summed E-state index contributed by atoms with van der Waals surface area (Å²) in [6, 6.07) is 12.7. The summed E-state index contributed by atoms with van der Waals surface area (Å²) < 4.78 is 27.3. The monoisotopic (exact) mass is 392 g/mol. The zero-order chi connectivity index (χ0) is 18.7. The quantitative estimate of drug-likeness (QED) is 0.854. The van der Waals surface area contributed by atoms with E-state index < -0.39 is 10.0 Å². The van der Waals surface area contributed by atoms with Crippen molar-refractivity contribution in [2.75, 3.05) is 17.8 Å². The number of anilines is 1. The van der Waals surface area contributed by atoms with Crippen molar-refractivity contribution in [1.82, 2.24) is 4.90 Å². The van der Waals surface area contributed by atoms with Crippen LogP contribution in [0.2, 0.25) is 5.02 Å². The van der Waals surface area contributed by atoms with Crippen LogP contribution in [0.15, 0.2) is 53.4 Å². The lowest BCUT2D eigenvalue weighted by Crippen LogP contribution is -2.39. The first-order valence-corrected chi connectivity index (χ1v) is 10.4. The molecule has 7 heteroatoms. The highest BCUT2D eigenvalue weighted by molar-refractivity contribution is 7.92. The van der Waals surface area contributed by atoms with Crippen molar-refractivity contribution >= 4 is 33.2 Å². The smallest absolute Gasteiger partial charge is 0.261 e. The van der Waals surface area contributed by atoms with Gasteiger partial charge in [-0.2, -0.15) is 0 Å². The number of benzene rings is 2. The Balaban J connectivity index is 1.78. The van der Waals surface area contributed by atoms with Gasteiger partial charge in [0.15, 0.2) is 0 Å². The minimum Gasteiger partial charge on any atom is -0.338 e. The molecule has 3 rings (SSSR count). The molecule has 1 aliphatic rings. The average Bonchev–Trinajstić information content (AvgIpc) is 2.62. The van der Waals surface area contributed by atoms with E-state index in [0.717, 1.165) is 25.9 Å². The molecule has 5 nitrogen and oxygen atoms in total. The lowest BCUT2D eigenvalue weighted by atomic mass is 9.99. The first-order chi connectivity index (χ1) is 12.4. The Morgan fingerprint density at radius 3 is 2.58 bits per heavy atom. The van der Waals surface area contributed by atoms with E-state index in [4.69, 9.17) is 11.6 Å². The van der Waals surface area contributed by atoms with Crippen molar-refractivity contribution in [2.45, 2.75) is 24.7 Å². The number of piperidine rings is 1. The predicted octanol–water partition coefficient (Wildman–Crippen LogP) is 4.01. The first kappa shape index (κ1) is 18.7. The van der Waals surface area contributed by atoms with Gasteiger partial charge in [-0.15, -0.1) is 0 Å². The van der Waals surface area contributed by atoms with Crippen molar-refractivity contribution in [2.24, 2.45) is 5.92 Å². The highest BCUT2D eigenvalue weighted by Crippen LogP contribution is 2.26. The van der Waals surface area contributed by atoms with Gasteiger partial charge in [0.25, 0.3) is 15.9 Å². The highest BCUT2D eigenvalue weighted by atomic mass is 35.5. The highest BCUT2D eigenvalue weighted by Gasteiger charge is 2.24. The fourth-order valence-corrected chi connectivity index (χ4v) is 4.44. The number of hydrogen-bond acceptors (Lipinski definition) is 3. The number of carbonyl (C=O) groups is 1. The van der Waals surface area contributed by atoms with E-state index in [2.05, 4.69) is 11.6 Å². The molecule has 26 heavy (non-hydrogen) atoms. The maximum Gasteiger partial charge on any atom is 0.261 e. The van der Waals surface area contributed by atoms with Gasteiger partial charge in [0, 0.05) is 13.1 Å². The summed E-state index contributed by atoms with van der Waals surface area (Å²) in [6.07, 6.45) is 2.11. The summed E-state index contributed by atoms with van der Waals surface area (Å²) >= 11 is 6.27. The van der Waals surface area contributed by atoms with Gasteiger partial charge in [0.2, 0.25) is 0 Å². The Kier molecular flexibility index (Phi) is 5.53. The van der Waals surface area contributed by atoms with Crippen LogP contribution in [0.1, 0.15) is 30.1 Å². The summed E-state index contributed by atoms with van der Waals surface area (Å²) in [6.45, 7) is 3.57. The SMILES string of the molecule is C[C@@H]1CCCN(C(=O)c2ccc(NS(=O)(=O)c3ccccc3)cc2Cl)C1. The molecule has 1 amide bonds. The van der Waals surface area contributed by atoms with Gasteiger partial charge in [0.05, 0.1) is 21.2 Å². The van der Waals surface area contributed by atoms with Gasteiger partial charge in [-0.25, -0.2) is 8.42 Å². The minimum atomic E-state index is -3.69. The standard InChI is InChI=1S/C19H21ClN2O3S/c1-14-6-5-11-22(13-14)19(23)17-10-9-15(12-18(17)20)21-26(24,25)16-7-3-2-4-8-16/h2-4,7-10,12,14,21H,5-6,11,13H2,1H3/t14-/m1/s1. The van der Waals surface area contributed by atoms with Crippen LogP contribution in [0.3, 0.4) is 0 Å².